The SMILES string of the molecule is CC1C(=O)OC(C2OC(=O)C34CCC5C(CCC6=CC(=O)C=CC65C)C3CCC4C2C)C1C. The summed E-state index contributed by atoms with van der Waals surface area (Å²) < 4.78 is 12.0. The van der Waals surface area contributed by atoms with E-state index in [1.165, 1.54) is 5.57 Å². The fourth-order valence-corrected chi connectivity index (χ4v) is 9.20. The Morgan fingerprint density at radius 1 is 0.879 bits per heavy atom. The Morgan fingerprint density at radius 2 is 1.61 bits per heavy atom. The third kappa shape index (κ3) is 2.68. The Balaban J connectivity index is 1.30. The van der Waals surface area contributed by atoms with Crippen molar-refractivity contribution in [3.63, 3.8) is 0 Å². The molecule has 5 nitrogen and oxygen atoms in total. The molecule has 2 saturated heterocycles. The van der Waals surface area contributed by atoms with Crippen LogP contribution in [0.1, 0.15) is 66.2 Å². The van der Waals surface area contributed by atoms with E-state index < -0.39 is 0 Å². The number of esters is 2. The summed E-state index contributed by atoms with van der Waals surface area (Å²) in [6.07, 6.45) is 11.1. The van der Waals surface area contributed by atoms with Crippen LogP contribution in [0.5, 0.6) is 0 Å². The van der Waals surface area contributed by atoms with Crippen LogP contribution in [0.4, 0.5) is 0 Å². The summed E-state index contributed by atoms with van der Waals surface area (Å²) in [6, 6.07) is 0. The fourth-order valence-electron chi connectivity index (χ4n) is 9.20. The van der Waals surface area contributed by atoms with Crippen molar-refractivity contribution in [1.82, 2.24) is 0 Å². The van der Waals surface area contributed by atoms with E-state index in [1.807, 2.05) is 19.9 Å². The smallest absolute Gasteiger partial charge is 0.313 e. The van der Waals surface area contributed by atoms with E-state index in [2.05, 4.69) is 19.9 Å². The molecule has 2 heterocycles. The summed E-state index contributed by atoms with van der Waals surface area (Å²) in [5.74, 6) is 1.64. The average molecular weight is 453 g/mol. The highest BCUT2D eigenvalue weighted by molar-refractivity contribution is 6.01. The molecule has 2 aliphatic heterocycles. The highest BCUT2D eigenvalue weighted by Gasteiger charge is 2.68. The van der Waals surface area contributed by atoms with Crippen molar-refractivity contribution < 1.29 is 23.9 Å². The van der Waals surface area contributed by atoms with Gasteiger partial charge in [-0.1, -0.05) is 39.3 Å². The molecule has 0 aromatic heterocycles. The normalized spacial score (nSPS) is 52.8. The molecule has 0 amide bonds. The number of fused-ring (bicyclic) bond motifs is 4. The number of hydrogen-bond donors (Lipinski definition) is 0. The lowest BCUT2D eigenvalue weighted by molar-refractivity contribution is -0.211. The van der Waals surface area contributed by atoms with Gasteiger partial charge < -0.3 is 9.47 Å². The monoisotopic (exact) mass is 452 g/mol. The molecule has 33 heavy (non-hydrogen) atoms. The summed E-state index contributed by atoms with van der Waals surface area (Å²) in [4.78, 5) is 38.1. The summed E-state index contributed by atoms with van der Waals surface area (Å²) >= 11 is 0. The lowest BCUT2D eigenvalue weighted by Gasteiger charge is -2.59. The van der Waals surface area contributed by atoms with Crippen LogP contribution in [0.2, 0.25) is 0 Å². The molecule has 11 unspecified atom stereocenters. The van der Waals surface area contributed by atoms with Crippen LogP contribution in [0.3, 0.4) is 0 Å². The van der Waals surface area contributed by atoms with Crippen LogP contribution >= 0.6 is 0 Å². The topological polar surface area (TPSA) is 69.7 Å². The van der Waals surface area contributed by atoms with Gasteiger partial charge in [-0.3, -0.25) is 14.4 Å². The first-order chi connectivity index (χ1) is 15.7. The number of carbonyl (C=O) groups is 3. The molecule has 1 spiro atoms. The Bertz CT molecular complexity index is 979. The number of rotatable bonds is 1. The van der Waals surface area contributed by atoms with Crippen molar-refractivity contribution in [1.29, 1.82) is 0 Å². The van der Waals surface area contributed by atoms with Crippen molar-refractivity contribution >= 4 is 17.7 Å². The number of allylic oxidation sites excluding steroid dienone is 4. The number of ether oxygens (including phenoxy) is 2. The Kier molecular flexibility index (Phi) is 4.62. The standard InChI is InChI=1S/C28H36O5/c1-14-15(2)25(30)32-23(14)24-16(3)20-7-8-22-19-6-5-17-13-18(29)9-11-27(17,4)21(19)10-12-28(20,22)26(31)33-24/h9,11,13-16,19-24H,5-8,10,12H2,1-4H3. The Labute approximate surface area is 196 Å². The molecule has 0 radical (unpaired) electrons. The van der Waals surface area contributed by atoms with Gasteiger partial charge in [0.05, 0.1) is 11.3 Å². The summed E-state index contributed by atoms with van der Waals surface area (Å²) in [6.45, 7) is 8.48. The number of hydrogen-bond acceptors (Lipinski definition) is 5. The number of cyclic esters (lactones) is 2. The highest BCUT2D eigenvalue weighted by Crippen LogP contribution is 2.69. The van der Waals surface area contributed by atoms with Gasteiger partial charge >= 0.3 is 11.9 Å². The summed E-state index contributed by atoms with van der Waals surface area (Å²) in [7, 11) is 0. The predicted molar refractivity (Wildman–Crippen MR) is 122 cm³/mol. The van der Waals surface area contributed by atoms with Crippen molar-refractivity contribution in [3.8, 4) is 0 Å². The van der Waals surface area contributed by atoms with Crippen LogP contribution in [0, 0.1) is 52.3 Å². The molecule has 0 aromatic rings. The molecule has 5 fully saturated rings. The molecular weight excluding hydrogens is 416 g/mol. The van der Waals surface area contributed by atoms with Crippen LogP contribution in [-0.2, 0) is 23.9 Å². The summed E-state index contributed by atoms with van der Waals surface area (Å²) in [5.41, 5.74) is 0.834. The van der Waals surface area contributed by atoms with Crippen molar-refractivity contribution in [2.75, 3.05) is 0 Å². The molecule has 6 rings (SSSR count). The third-order valence-electron chi connectivity index (χ3n) is 11.2. The second kappa shape index (κ2) is 7.05. The molecule has 0 bridgehead atoms. The maximum absolute atomic E-state index is 13.9. The van der Waals surface area contributed by atoms with Gasteiger partial charge in [0.15, 0.2) is 5.78 Å². The van der Waals surface area contributed by atoms with Gasteiger partial charge in [-0.25, -0.2) is 0 Å². The van der Waals surface area contributed by atoms with Crippen LogP contribution < -0.4 is 0 Å². The van der Waals surface area contributed by atoms with Gasteiger partial charge in [0.1, 0.15) is 12.2 Å². The molecule has 4 aliphatic carbocycles. The molecule has 3 saturated carbocycles. The van der Waals surface area contributed by atoms with E-state index in [0.29, 0.717) is 23.7 Å². The third-order valence-corrected chi connectivity index (χ3v) is 11.2. The zero-order valence-electron chi connectivity index (χ0n) is 20.2. The molecule has 11 atom stereocenters. The van der Waals surface area contributed by atoms with Gasteiger partial charge in [0.25, 0.3) is 0 Å². The van der Waals surface area contributed by atoms with E-state index in [1.54, 1.807) is 6.08 Å². The maximum atomic E-state index is 13.9. The number of carbonyl (C=O) groups excluding carboxylic acids is 3. The van der Waals surface area contributed by atoms with Gasteiger partial charge in [0.2, 0.25) is 0 Å². The second-order valence-electron chi connectivity index (χ2n) is 12.1. The highest BCUT2D eigenvalue weighted by atomic mass is 16.6. The first-order valence-corrected chi connectivity index (χ1v) is 13.0. The molecule has 0 aromatic carbocycles. The minimum Gasteiger partial charge on any atom is -0.458 e. The molecule has 5 heteroatoms. The van der Waals surface area contributed by atoms with Gasteiger partial charge in [-0.2, -0.15) is 0 Å². The van der Waals surface area contributed by atoms with E-state index in [-0.39, 0.29) is 58.5 Å². The zero-order chi connectivity index (χ0) is 23.3. The van der Waals surface area contributed by atoms with E-state index in [4.69, 9.17) is 9.47 Å². The van der Waals surface area contributed by atoms with Crippen molar-refractivity contribution in [3.05, 3.63) is 23.8 Å². The quantitative estimate of drug-likeness (QED) is 0.542. The van der Waals surface area contributed by atoms with Gasteiger partial charge in [-0.05, 0) is 74.3 Å². The van der Waals surface area contributed by atoms with Crippen molar-refractivity contribution in [2.45, 2.75) is 78.4 Å². The van der Waals surface area contributed by atoms with Gasteiger partial charge in [0, 0.05) is 17.3 Å². The minimum atomic E-state index is -0.389. The number of ketones is 1. The average Bonchev–Trinajstić information content (AvgIpc) is 3.31. The maximum Gasteiger partial charge on any atom is 0.313 e. The van der Waals surface area contributed by atoms with E-state index in [9.17, 15) is 14.4 Å². The molecular formula is C28H36O5. The van der Waals surface area contributed by atoms with E-state index >= 15 is 0 Å². The molecule has 178 valence electrons. The molecule has 0 N–H and O–H groups in total. The Hall–Kier alpha value is -1.91. The first kappa shape index (κ1) is 21.6. The van der Waals surface area contributed by atoms with Gasteiger partial charge in [-0.15, -0.1) is 0 Å². The van der Waals surface area contributed by atoms with Crippen LogP contribution in [0.25, 0.3) is 0 Å². The fraction of sp³-hybridized carbons (Fsp3) is 0.750. The van der Waals surface area contributed by atoms with E-state index in [0.717, 1.165) is 38.5 Å². The molecule has 6 aliphatic rings. The summed E-state index contributed by atoms with van der Waals surface area (Å²) in [5, 5.41) is 0. The minimum absolute atomic E-state index is 0.0276. The first-order valence-electron chi connectivity index (χ1n) is 13.0. The van der Waals surface area contributed by atoms with Crippen LogP contribution in [0.15, 0.2) is 23.8 Å². The van der Waals surface area contributed by atoms with Crippen molar-refractivity contribution in [2.24, 2.45) is 52.3 Å². The van der Waals surface area contributed by atoms with Crippen LogP contribution in [-0.4, -0.2) is 29.9 Å². The lowest BCUT2D eigenvalue weighted by atomic mass is 9.46. The Morgan fingerprint density at radius 3 is 2.33 bits per heavy atom. The largest absolute Gasteiger partial charge is 0.458 e. The predicted octanol–water partition coefficient (Wildman–Crippen LogP) is 4.65. The zero-order valence-corrected chi connectivity index (χ0v) is 20.2. The second-order valence-corrected chi connectivity index (χ2v) is 12.1. The lowest BCUT2D eigenvalue weighted by Crippen LogP contribution is -2.60.